The van der Waals surface area contributed by atoms with Crippen LogP contribution < -0.4 is 0 Å². The van der Waals surface area contributed by atoms with Gasteiger partial charge in [0.25, 0.3) is 5.69 Å². The van der Waals surface area contributed by atoms with Crippen LogP contribution in [0.2, 0.25) is 5.02 Å². The minimum absolute atomic E-state index is 0.102. The smallest absolute Gasteiger partial charge is 0.288 e. The van der Waals surface area contributed by atoms with Crippen molar-refractivity contribution in [1.29, 1.82) is 0 Å². The Balaban J connectivity index is 2.51. The highest BCUT2D eigenvalue weighted by Crippen LogP contribution is 2.30. The van der Waals surface area contributed by atoms with Crippen molar-refractivity contribution in [3.63, 3.8) is 0 Å². The maximum Gasteiger partial charge on any atom is 0.288 e. The third-order valence-corrected chi connectivity index (χ3v) is 2.37. The van der Waals surface area contributed by atoms with Crippen LogP contribution in [-0.4, -0.2) is 10.1 Å². The number of aromatic nitrogens is 1. The van der Waals surface area contributed by atoms with Crippen LogP contribution in [0.5, 0.6) is 0 Å². The van der Waals surface area contributed by atoms with Crippen molar-refractivity contribution in [2.45, 2.75) is 6.92 Å². The second-order valence-corrected chi connectivity index (χ2v) is 3.66. The van der Waals surface area contributed by atoms with Crippen molar-refractivity contribution in [3.8, 4) is 11.3 Å². The molecule has 16 heavy (non-hydrogen) atoms. The van der Waals surface area contributed by atoms with Crippen molar-refractivity contribution in [2.24, 2.45) is 0 Å². The molecule has 0 bridgehead atoms. The Labute approximate surface area is 95.8 Å². The zero-order valence-electron chi connectivity index (χ0n) is 8.31. The van der Waals surface area contributed by atoms with Crippen LogP contribution in [0, 0.1) is 17.0 Å². The highest BCUT2D eigenvalue weighted by molar-refractivity contribution is 6.32. The van der Waals surface area contributed by atoms with Crippen LogP contribution in [-0.2, 0) is 0 Å². The van der Waals surface area contributed by atoms with Crippen molar-refractivity contribution in [1.82, 2.24) is 5.16 Å². The molecule has 0 N–H and O–H groups in total. The van der Waals surface area contributed by atoms with Gasteiger partial charge in [-0.25, -0.2) is 0 Å². The summed E-state index contributed by atoms with van der Waals surface area (Å²) in [6.07, 6.45) is 0. The molecule has 0 unspecified atom stereocenters. The van der Waals surface area contributed by atoms with E-state index in [0.29, 0.717) is 17.0 Å². The van der Waals surface area contributed by atoms with E-state index in [1.54, 1.807) is 19.1 Å². The van der Waals surface area contributed by atoms with Gasteiger partial charge in [0, 0.05) is 17.7 Å². The molecule has 82 valence electrons. The molecule has 1 heterocycles. The monoisotopic (exact) mass is 238 g/mol. The minimum Gasteiger partial charge on any atom is -0.356 e. The first-order chi connectivity index (χ1) is 7.58. The molecule has 0 atom stereocenters. The first-order valence-corrected chi connectivity index (χ1v) is 4.83. The molecular weight excluding hydrogens is 232 g/mol. The van der Waals surface area contributed by atoms with E-state index >= 15 is 0 Å². The Kier molecular flexibility index (Phi) is 2.62. The summed E-state index contributed by atoms with van der Waals surface area (Å²) < 4.78 is 5.01. The third-order valence-electron chi connectivity index (χ3n) is 2.06. The van der Waals surface area contributed by atoms with E-state index in [1.165, 1.54) is 12.1 Å². The van der Waals surface area contributed by atoms with E-state index in [1.807, 2.05) is 0 Å². The van der Waals surface area contributed by atoms with Crippen LogP contribution in [0.25, 0.3) is 11.3 Å². The molecule has 0 fully saturated rings. The standard InChI is InChI=1S/C10H7ClN2O3/c1-6-4-10(16-12-6)7-2-3-8(11)9(5-7)13(14)15/h2-5H,1H3. The number of rotatable bonds is 2. The van der Waals surface area contributed by atoms with Gasteiger partial charge in [-0.3, -0.25) is 10.1 Å². The summed E-state index contributed by atoms with van der Waals surface area (Å²) >= 11 is 5.70. The van der Waals surface area contributed by atoms with Gasteiger partial charge in [-0.05, 0) is 19.1 Å². The molecule has 0 spiro atoms. The van der Waals surface area contributed by atoms with Gasteiger partial charge in [0.05, 0.1) is 10.6 Å². The van der Waals surface area contributed by atoms with Crippen molar-refractivity contribution in [2.75, 3.05) is 0 Å². The summed E-state index contributed by atoms with van der Waals surface area (Å²) in [5.41, 5.74) is 1.15. The zero-order valence-corrected chi connectivity index (χ0v) is 9.06. The van der Waals surface area contributed by atoms with Crippen molar-refractivity contribution >= 4 is 17.3 Å². The summed E-state index contributed by atoms with van der Waals surface area (Å²) in [7, 11) is 0. The van der Waals surface area contributed by atoms with Crippen LogP contribution in [0.3, 0.4) is 0 Å². The molecular formula is C10H7ClN2O3. The Morgan fingerprint density at radius 3 is 2.75 bits per heavy atom. The average Bonchev–Trinajstić information content (AvgIpc) is 2.65. The quantitative estimate of drug-likeness (QED) is 0.595. The van der Waals surface area contributed by atoms with E-state index in [2.05, 4.69) is 5.16 Å². The van der Waals surface area contributed by atoms with Gasteiger partial charge in [-0.2, -0.15) is 0 Å². The summed E-state index contributed by atoms with van der Waals surface area (Å²) in [5.74, 6) is 0.484. The second kappa shape index (κ2) is 3.94. The van der Waals surface area contributed by atoms with E-state index in [4.69, 9.17) is 16.1 Å². The molecule has 1 aromatic carbocycles. The number of hydrogen-bond donors (Lipinski definition) is 0. The minimum atomic E-state index is -0.533. The molecule has 0 saturated heterocycles. The van der Waals surface area contributed by atoms with E-state index in [-0.39, 0.29) is 10.7 Å². The molecule has 6 heteroatoms. The topological polar surface area (TPSA) is 69.2 Å². The molecule has 0 aliphatic carbocycles. The van der Waals surface area contributed by atoms with Crippen LogP contribution >= 0.6 is 11.6 Å². The number of aryl methyl sites for hydroxylation is 1. The lowest BCUT2D eigenvalue weighted by atomic mass is 10.1. The van der Waals surface area contributed by atoms with Crippen LogP contribution in [0.15, 0.2) is 28.8 Å². The highest BCUT2D eigenvalue weighted by Gasteiger charge is 2.15. The van der Waals surface area contributed by atoms with Crippen molar-refractivity contribution < 1.29 is 9.45 Å². The molecule has 0 radical (unpaired) electrons. The predicted octanol–water partition coefficient (Wildman–Crippen LogP) is 3.21. The van der Waals surface area contributed by atoms with E-state index < -0.39 is 4.92 Å². The Morgan fingerprint density at radius 2 is 2.19 bits per heavy atom. The van der Waals surface area contributed by atoms with Gasteiger partial charge in [-0.1, -0.05) is 16.8 Å². The molecule has 0 saturated carbocycles. The van der Waals surface area contributed by atoms with Gasteiger partial charge in [0.1, 0.15) is 5.02 Å². The number of nitro groups is 1. The zero-order chi connectivity index (χ0) is 11.7. The first-order valence-electron chi connectivity index (χ1n) is 4.45. The Hall–Kier alpha value is -1.88. The lowest BCUT2D eigenvalue weighted by Crippen LogP contribution is -1.89. The first kappa shape index (κ1) is 10.6. The number of hydrogen-bond acceptors (Lipinski definition) is 4. The van der Waals surface area contributed by atoms with Gasteiger partial charge < -0.3 is 4.52 Å². The average molecular weight is 239 g/mol. The maximum absolute atomic E-state index is 10.7. The molecule has 0 aliphatic heterocycles. The molecule has 1 aromatic heterocycles. The fourth-order valence-corrected chi connectivity index (χ4v) is 1.49. The normalized spacial score (nSPS) is 10.4. The summed E-state index contributed by atoms with van der Waals surface area (Å²) in [6, 6.07) is 6.18. The molecule has 2 rings (SSSR count). The second-order valence-electron chi connectivity index (χ2n) is 3.26. The van der Waals surface area contributed by atoms with Gasteiger partial charge in [0.15, 0.2) is 5.76 Å². The third kappa shape index (κ3) is 1.90. The molecule has 2 aromatic rings. The van der Waals surface area contributed by atoms with Gasteiger partial charge >= 0.3 is 0 Å². The van der Waals surface area contributed by atoms with Crippen LogP contribution in [0.4, 0.5) is 5.69 Å². The summed E-state index contributed by atoms with van der Waals surface area (Å²) in [4.78, 5) is 10.2. The molecule has 0 amide bonds. The summed E-state index contributed by atoms with van der Waals surface area (Å²) in [5, 5.41) is 14.5. The number of halogens is 1. The number of nitro benzene ring substituents is 1. The lowest BCUT2D eigenvalue weighted by molar-refractivity contribution is -0.384. The predicted molar refractivity (Wildman–Crippen MR) is 58.3 cm³/mol. The molecule has 0 aliphatic rings. The van der Waals surface area contributed by atoms with E-state index in [0.717, 1.165) is 0 Å². The number of nitrogens with zero attached hydrogens (tertiary/aromatic N) is 2. The Morgan fingerprint density at radius 1 is 1.44 bits per heavy atom. The Bertz CT molecular complexity index is 551. The SMILES string of the molecule is Cc1cc(-c2ccc(Cl)c([N+](=O)[O-])c2)on1. The lowest BCUT2D eigenvalue weighted by Gasteiger charge is -1.97. The number of benzene rings is 1. The van der Waals surface area contributed by atoms with Gasteiger partial charge in [-0.15, -0.1) is 0 Å². The fourth-order valence-electron chi connectivity index (χ4n) is 1.31. The largest absolute Gasteiger partial charge is 0.356 e. The maximum atomic E-state index is 10.7. The fraction of sp³-hybridized carbons (Fsp3) is 0.100. The van der Waals surface area contributed by atoms with Crippen molar-refractivity contribution in [3.05, 3.63) is 45.1 Å². The highest BCUT2D eigenvalue weighted by atomic mass is 35.5. The summed E-state index contributed by atoms with van der Waals surface area (Å²) in [6.45, 7) is 1.78. The van der Waals surface area contributed by atoms with Gasteiger partial charge in [0.2, 0.25) is 0 Å². The van der Waals surface area contributed by atoms with Crippen LogP contribution in [0.1, 0.15) is 5.69 Å². The van der Waals surface area contributed by atoms with E-state index in [9.17, 15) is 10.1 Å². The molecule has 5 nitrogen and oxygen atoms in total.